The third-order valence-corrected chi connectivity index (χ3v) is 4.09. The van der Waals surface area contributed by atoms with E-state index in [1.165, 1.54) is 12.1 Å². The summed E-state index contributed by atoms with van der Waals surface area (Å²) >= 11 is 0. The van der Waals surface area contributed by atoms with Crippen LogP contribution in [0, 0.1) is 11.7 Å². The van der Waals surface area contributed by atoms with Crippen molar-refractivity contribution in [2.45, 2.75) is 19.3 Å². The Labute approximate surface area is 153 Å². The van der Waals surface area contributed by atoms with Crippen molar-refractivity contribution in [1.29, 1.82) is 0 Å². The Morgan fingerprint density at radius 3 is 2.88 bits per heavy atom. The number of amides is 3. The minimum Gasteiger partial charge on any atom is -0.342 e. The summed E-state index contributed by atoms with van der Waals surface area (Å²) in [6.45, 7) is 2.63. The van der Waals surface area contributed by atoms with Gasteiger partial charge in [0.25, 0.3) is 0 Å². The van der Waals surface area contributed by atoms with Gasteiger partial charge in [0.15, 0.2) is 0 Å². The zero-order valence-corrected chi connectivity index (χ0v) is 15.2. The molecule has 0 aromatic heterocycles. The molecule has 0 radical (unpaired) electrons. The zero-order chi connectivity index (χ0) is 17.4. The molecule has 1 aromatic rings. The molecule has 2 rings (SSSR count). The lowest BCUT2D eigenvalue weighted by atomic mass is 9.98. The normalized spacial score (nSPS) is 16.7. The zero-order valence-electron chi connectivity index (χ0n) is 14.4. The van der Waals surface area contributed by atoms with Crippen LogP contribution >= 0.6 is 12.4 Å². The molecule has 6 nitrogen and oxygen atoms in total. The van der Waals surface area contributed by atoms with Crippen LogP contribution in [-0.4, -0.2) is 50.1 Å². The fourth-order valence-electron chi connectivity index (χ4n) is 2.83. The molecule has 1 aliphatic heterocycles. The number of nitrogens with zero attached hydrogens (tertiary/aromatic N) is 1. The average Bonchev–Trinajstić information content (AvgIpc) is 2.58. The Morgan fingerprint density at radius 2 is 2.16 bits per heavy atom. The second-order valence-corrected chi connectivity index (χ2v) is 6.05. The van der Waals surface area contributed by atoms with Gasteiger partial charge >= 0.3 is 6.03 Å². The topological polar surface area (TPSA) is 73.5 Å². The highest BCUT2D eigenvalue weighted by atomic mass is 35.5. The van der Waals surface area contributed by atoms with E-state index in [9.17, 15) is 14.0 Å². The van der Waals surface area contributed by atoms with Crippen molar-refractivity contribution < 1.29 is 14.0 Å². The van der Waals surface area contributed by atoms with Crippen LogP contribution in [-0.2, 0) is 4.79 Å². The number of piperidine rings is 1. The number of anilines is 1. The molecule has 0 bridgehead atoms. The predicted octanol–water partition coefficient (Wildman–Crippen LogP) is 2.22. The van der Waals surface area contributed by atoms with Crippen molar-refractivity contribution in [3.05, 3.63) is 30.1 Å². The lowest BCUT2D eigenvalue weighted by Gasteiger charge is -2.33. The summed E-state index contributed by atoms with van der Waals surface area (Å²) in [7, 11) is 1.83. The summed E-state index contributed by atoms with van der Waals surface area (Å²) in [4.78, 5) is 25.8. The van der Waals surface area contributed by atoms with Gasteiger partial charge < -0.3 is 20.9 Å². The lowest BCUT2D eigenvalue weighted by molar-refractivity contribution is -0.132. The molecule has 0 aliphatic carbocycles. The molecule has 0 saturated carbocycles. The fraction of sp³-hybridized carbons (Fsp3) is 0.529. The molecule has 1 atom stereocenters. The number of likely N-dealkylation sites (tertiary alicyclic amines) is 1. The molecule has 1 aliphatic rings. The molecule has 3 amide bonds. The summed E-state index contributed by atoms with van der Waals surface area (Å²) in [6.07, 6.45) is 2.43. The highest BCUT2D eigenvalue weighted by Gasteiger charge is 2.23. The van der Waals surface area contributed by atoms with Gasteiger partial charge in [-0.3, -0.25) is 4.79 Å². The summed E-state index contributed by atoms with van der Waals surface area (Å²) in [6, 6.07) is 5.40. The number of halogens is 2. The number of rotatable bonds is 6. The van der Waals surface area contributed by atoms with Crippen molar-refractivity contribution in [3.8, 4) is 0 Å². The maximum Gasteiger partial charge on any atom is 0.319 e. The van der Waals surface area contributed by atoms with Crippen LogP contribution in [0.5, 0.6) is 0 Å². The molecule has 1 heterocycles. The quantitative estimate of drug-likeness (QED) is 0.716. The van der Waals surface area contributed by atoms with E-state index in [0.29, 0.717) is 31.7 Å². The maximum absolute atomic E-state index is 13.1. The minimum absolute atomic E-state index is 0. The van der Waals surface area contributed by atoms with E-state index in [1.54, 1.807) is 12.1 Å². The lowest BCUT2D eigenvalue weighted by Crippen LogP contribution is -2.44. The minimum atomic E-state index is -0.393. The van der Waals surface area contributed by atoms with Crippen LogP contribution in [0.2, 0.25) is 0 Å². The number of hydrogen-bond acceptors (Lipinski definition) is 3. The Hall–Kier alpha value is -1.86. The van der Waals surface area contributed by atoms with E-state index in [0.717, 1.165) is 19.4 Å². The molecule has 25 heavy (non-hydrogen) atoms. The molecule has 1 saturated heterocycles. The van der Waals surface area contributed by atoms with Gasteiger partial charge in [-0.25, -0.2) is 9.18 Å². The van der Waals surface area contributed by atoms with Crippen molar-refractivity contribution >= 4 is 30.0 Å². The van der Waals surface area contributed by atoms with E-state index in [4.69, 9.17) is 0 Å². The first-order chi connectivity index (χ1) is 11.6. The highest BCUT2D eigenvalue weighted by molar-refractivity contribution is 5.89. The first kappa shape index (κ1) is 21.2. The Morgan fingerprint density at radius 1 is 1.36 bits per heavy atom. The van der Waals surface area contributed by atoms with Crippen LogP contribution in [0.15, 0.2) is 24.3 Å². The monoisotopic (exact) mass is 372 g/mol. The second kappa shape index (κ2) is 10.9. The molecule has 0 spiro atoms. The van der Waals surface area contributed by atoms with E-state index in [-0.39, 0.29) is 30.3 Å². The Balaban J connectivity index is 0.00000312. The van der Waals surface area contributed by atoms with Gasteiger partial charge in [-0.2, -0.15) is 0 Å². The number of benzene rings is 1. The van der Waals surface area contributed by atoms with Gasteiger partial charge in [0.2, 0.25) is 5.91 Å². The number of carbonyl (C=O) groups excluding carboxylic acids is 2. The summed E-state index contributed by atoms with van der Waals surface area (Å²) < 4.78 is 13.1. The first-order valence-electron chi connectivity index (χ1n) is 8.31. The van der Waals surface area contributed by atoms with Gasteiger partial charge in [0, 0.05) is 38.3 Å². The van der Waals surface area contributed by atoms with Gasteiger partial charge in [-0.15, -0.1) is 12.4 Å². The predicted molar refractivity (Wildman–Crippen MR) is 98.5 cm³/mol. The number of carbonyl (C=O) groups is 2. The van der Waals surface area contributed by atoms with Gasteiger partial charge in [0.1, 0.15) is 5.82 Å². The van der Waals surface area contributed by atoms with Crippen LogP contribution in [0.4, 0.5) is 14.9 Å². The largest absolute Gasteiger partial charge is 0.342 e. The SMILES string of the molecule is CNCCC(=O)N1CCCC(CNC(=O)Nc2cccc(F)c2)C1.Cl. The number of nitrogens with one attached hydrogen (secondary N) is 3. The van der Waals surface area contributed by atoms with Gasteiger partial charge in [0.05, 0.1) is 0 Å². The third kappa shape index (κ3) is 7.27. The molecular formula is C17H26ClFN4O2. The molecule has 3 N–H and O–H groups in total. The van der Waals surface area contributed by atoms with E-state index in [1.807, 2.05) is 11.9 Å². The van der Waals surface area contributed by atoms with Gasteiger partial charge in [-0.1, -0.05) is 6.07 Å². The fourth-order valence-corrected chi connectivity index (χ4v) is 2.83. The summed E-state index contributed by atoms with van der Waals surface area (Å²) in [5.74, 6) is 0.00427. The first-order valence-corrected chi connectivity index (χ1v) is 8.31. The van der Waals surface area contributed by atoms with Crippen molar-refractivity contribution in [3.63, 3.8) is 0 Å². The molecular weight excluding hydrogens is 347 g/mol. The van der Waals surface area contributed by atoms with Gasteiger partial charge in [-0.05, 0) is 44.0 Å². The second-order valence-electron chi connectivity index (χ2n) is 6.05. The number of urea groups is 1. The molecule has 1 unspecified atom stereocenters. The summed E-state index contributed by atoms with van der Waals surface area (Å²) in [5, 5.41) is 8.38. The van der Waals surface area contributed by atoms with Crippen molar-refractivity contribution in [2.75, 3.05) is 38.5 Å². The standard InChI is InChI=1S/C17H25FN4O2.ClH/c1-19-8-7-16(23)22-9-3-4-13(12-22)11-20-17(24)21-15-6-2-5-14(18)10-15;/h2,5-6,10,13,19H,3-4,7-9,11-12H2,1H3,(H2,20,21,24);1H. The molecule has 140 valence electrons. The van der Waals surface area contributed by atoms with Crippen LogP contribution in [0.1, 0.15) is 19.3 Å². The van der Waals surface area contributed by atoms with E-state index in [2.05, 4.69) is 16.0 Å². The maximum atomic E-state index is 13.1. The van der Waals surface area contributed by atoms with Crippen molar-refractivity contribution in [2.24, 2.45) is 5.92 Å². The van der Waals surface area contributed by atoms with E-state index < -0.39 is 5.82 Å². The molecule has 1 fully saturated rings. The van der Waals surface area contributed by atoms with Crippen LogP contribution in [0.3, 0.4) is 0 Å². The number of hydrogen-bond donors (Lipinski definition) is 3. The summed E-state index contributed by atoms with van der Waals surface area (Å²) in [5.41, 5.74) is 0.417. The Kier molecular flexibility index (Phi) is 9.23. The molecule has 1 aromatic carbocycles. The smallest absolute Gasteiger partial charge is 0.319 e. The van der Waals surface area contributed by atoms with Crippen LogP contribution < -0.4 is 16.0 Å². The third-order valence-electron chi connectivity index (χ3n) is 4.09. The van der Waals surface area contributed by atoms with Crippen molar-refractivity contribution in [1.82, 2.24) is 15.5 Å². The Bertz CT molecular complexity index is 573. The van der Waals surface area contributed by atoms with Crippen LogP contribution in [0.25, 0.3) is 0 Å². The van der Waals surface area contributed by atoms with E-state index >= 15 is 0 Å². The average molecular weight is 373 g/mol. The molecule has 8 heteroatoms. The highest BCUT2D eigenvalue weighted by Crippen LogP contribution is 2.16.